The summed E-state index contributed by atoms with van der Waals surface area (Å²) < 4.78 is 0. The Morgan fingerprint density at radius 2 is 2.18 bits per heavy atom. The minimum Gasteiger partial charge on any atom is -0.369 e. The van der Waals surface area contributed by atoms with Gasteiger partial charge in [0.2, 0.25) is 0 Å². The van der Waals surface area contributed by atoms with Crippen molar-refractivity contribution in [1.82, 2.24) is 0 Å². The van der Waals surface area contributed by atoms with Crippen molar-refractivity contribution in [1.29, 1.82) is 5.26 Å². The van der Waals surface area contributed by atoms with Crippen LogP contribution in [0.15, 0.2) is 24.3 Å². The van der Waals surface area contributed by atoms with Gasteiger partial charge in [0, 0.05) is 18.3 Å². The molecule has 0 spiro atoms. The fourth-order valence-electron chi connectivity index (χ4n) is 2.06. The highest BCUT2D eigenvalue weighted by Gasteiger charge is 2.29. The molecular weight excluding hydrogens is 208 g/mol. The van der Waals surface area contributed by atoms with E-state index >= 15 is 0 Å². The van der Waals surface area contributed by atoms with Crippen LogP contribution in [-0.4, -0.2) is 12.6 Å². The van der Waals surface area contributed by atoms with Gasteiger partial charge in [-0.05, 0) is 43.4 Å². The van der Waals surface area contributed by atoms with E-state index in [9.17, 15) is 0 Å². The molecule has 1 aromatic carbocycles. The van der Waals surface area contributed by atoms with Gasteiger partial charge in [-0.3, -0.25) is 0 Å². The molecule has 1 aliphatic rings. The first-order valence-corrected chi connectivity index (χ1v) is 6.47. The molecule has 0 heterocycles. The summed E-state index contributed by atoms with van der Waals surface area (Å²) in [6, 6.07) is 10.9. The standard InChI is InChI=1S/C15H20N2/c1-12(2)8-9-17(14-6-7-14)15-5-3-4-13(10-15)11-16/h3-5,10,12,14H,6-9H2,1-2H3. The van der Waals surface area contributed by atoms with Crippen LogP contribution in [0.5, 0.6) is 0 Å². The highest BCUT2D eigenvalue weighted by molar-refractivity contribution is 5.53. The zero-order valence-corrected chi connectivity index (χ0v) is 10.7. The van der Waals surface area contributed by atoms with Gasteiger partial charge in [0.1, 0.15) is 0 Å². The second kappa shape index (κ2) is 5.23. The third kappa shape index (κ3) is 3.23. The van der Waals surface area contributed by atoms with Crippen molar-refractivity contribution >= 4 is 5.69 Å². The highest BCUT2D eigenvalue weighted by Crippen LogP contribution is 2.32. The molecule has 0 radical (unpaired) electrons. The van der Waals surface area contributed by atoms with Crippen molar-refractivity contribution < 1.29 is 0 Å². The summed E-state index contributed by atoms with van der Waals surface area (Å²) in [5, 5.41) is 8.95. The Labute approximate surface area is 104 Å². The maximum atomic E-state index is 8.95. The minimum absolute atomic E-state index is 0.711. The van der Waals surface area contributed by atoms with Gasteiger partial charge < -0.3 is 4.90 Å². The smallest absolute Gasteiger partial charge is 0.0992 e. The van der Waals surface area contributed by atoms with Crippen molar-refractivity contribution in [2.24, 2.45) is 5.92 Å². The van der Waals surface area contributed by atoms with E-state index in [1.54, 1.807) is 0 Å². The summed E-state index contributed by atoms with van der Waals surface area (Å²) in [4.78, 5) is 2.47. The Kier molecular flexibility index (Phi) is 3.68. The lowest BCUT2D eigenvalue weighted by atomic mass is 10.1. The Morgan fingerprint density at radius 1 is 1.41 bits per heavy atom. The topological polar surface area (TPSA) is 27.0 Å². The monoisotopic (exact) mass is 228 g/mol. The molecule has 0 amide bonds. The first-order chi connectivity index (χ1) is 8.20. The Balaban J connectivity index is 2.11. The van der Waals surface area contributed by atoms with Crippen LogP contribution < -0.4 is 4.90 Å². The van der Waals surface area contributed by atoms with E-state index in [1.165, 1.54) is 24.9 Å². The van der Waals surface area contributed by atoms with Crippen molar-refractivity contribution in [3.63, 3.8) is 0 Å². The summed E-state index contributed by atoms with van der Waals surface area (Å²) in [5.74, 6) is 0.732. The van der Waals surface area contributed by atoms with Crippen LogP contribution in [0.1, 0.15) is 38.7 Å². The van der Waals surface area contributed by atoms with Crippen LogP contribution in [0.2, 0.25) is 0 Å². The molecule has 0 aliphatic heterocycles. The van der Waals surface area contributed by atoms with E-state index in [1.807, 2.05) is 18.2 Å². The van der Waals surface area contributed by atoms with Crippen molar-refractivity contribution in [2.45, 2.75) is 39.2 Å². The molecule has 0 atom stereocenters. The molecule has 2 nitrogen and oxygen atoms in total. The Bertz CT molecular complexity index is 413. The molecule has 2 heteroatoms. The molecule has 2 rings (SSSR count). The van der Waals surface area contributed by atoms with Gasteiger partial charge in [0.15, 0.2) is 0 Å². The molecular formula is C15H20N2. The SMILES string of the molecule is CC(C)CCN(c1cccc(C#N)c1)C1CC1. The zero-order chi connectivity index (χ0) is 12.3. The predicted molar refractivity (Wildman–Crippen MR) is 71.0 cm³/mol. The molecule has 0 aromatic heterocycles. The van der Waals surface area contributed by atoms with Crippen molar-refractivity contribution in [3.8, 4) is 6.07 Å². The lowest BCUT2D eigenvalue weighted by molar-refractivity contribution is 0.571. The van der Waals surface area contributed by atoms with Gasteiger partial charge in [-0.1, -0.05) is 19.9 Å². The first-order valence-electron chi connectivity index (χ1n) is 6.47. The molecule has 0 saturated heterocycles. The molecule has 1 fully saturated rings. The molecule has 90 valence electrons. The maximum Gasteiger partial charge on any atom is 0.0992 e. The van der Waals surface area contributed by atoms with Gasteiger partial charge in [-0.2, -0.15) is 5.26 Å². The number of hydrogen-bond acceptors (Lipinski definition) is 2. The Hall–Kier alpha value is -1.49. The summed E-state index contributed by atoms with van der Waals surface area (Å²) >= 11 is 0. The molecule has 1 aromatic rings. The van der Waals surface area contributed by atoms with Crippen LogP contribution in [0.4, 0.5) is 5.69 Å². The predicted octanol–water partition coefficient (Wildman–Crippen LogP) is 3.57. The van der Waals surface area contributed by atoms with Crippen molar-refractivity contribution in [3.05, 3.63) is 29.8 Å². The lowest BCUT2D eigenvalue weighted by Crippen LogP contribution is -2.27. The Morgan fingerprint density at radius 3 is 2.76 bits per heavy atom. The molecule has 17 heavy (non-hydrogen) atoms. The van der Waals surface area contributed by atoms with Crippen LogP contribution in [0, 0.1) is 17.2 Å². The summed E-state index contributed by atoms with van der Waals surface area (Å²) in [7, 11) is 0. The lowest BCUT2D eigenvalue weighted by Gasteiger charge is -2.25. The quantitative estimate of drug-likeness (QED) is 0.770. The largest absolute Gasteiger partial charge is 0.369 e. The van der Waals surface area contributed by atoms with Gasteiger partial charge in [0.25, 0.3) is 0 Å². The van der Waals surface area contributed by atoms with Crippen LogP contribution in [-0.2, 0) is 0 Å². The molecule has 1 saturated carbocycles. The van der Waals surface area contributed by atoms with Gasteiger partial charge in [-0.25, -0.2) is 0 Å². The number of rotatable bonds is 5. The third-order valence-electron chi connectivity index (χ3n) is 3.24. The summed E-state index contributed by atoms with van der Waals surface area (Å²) in [6.45, 7) is 5.63. The van der Waals surface area contributed by atoms with E-state index in [4.69, 9.17) is 5.26 Å². The van der Waals surface area contributed by atoms with E-state index in [2.05, 4.69) is 30.9 Å². The molecule has 0 unspecified atom stereocenters. The zero-order valence-electron chi connectivity index (χ0n) is 10.7. The minimum atomic E-state index is 0.711. The molecule has 0 N–H and O–H groups in total. The number of nitrogens with zero attached hydrogens (tertiary/aromatic N) is 2. The van der Waals surface area contributed by atoms with Gasteiger partial charge in [0.05, 0.1) is 11.6 Å². The molecule has 1 aliphatic carbocycles. The highest BCUT2D eigenvalue weighted by atomic mass is 15.2. The fraction of sp³-hybridized carbons (Fsp3) is 0.533. The number of anilines is 1. The van der Waals surface area contributed by atoms with Gasteiger partial charge in [-0.15, -0.1) is 0 Å². The number of benzene rings is 1. The summed E-state index contributed by atoms with van der Waals surface area (Å²) in [5.41, 5.74) is 1.98. The fourth-order valence-corrected chi connectivity index (χ4v) is 2.06. The van der Waals surface area contributed by atoms with Crippen molar-refractivity contribution in [2.75, 3.05) is 11.4 Å². The van der Waals surface area contributed by atoms with Crippen LogP contribution >= 0.6 is 0 Å². The van der Waals surface area contributed by atoms with E-state index < -0.39 is 0 Å². The second-order valence-corrected chi connectivity index (χ2v) is 5.27. The number of hydrogen-bond donors (Lipinski definition) is 0. The van der Waals surface area contributed by atoms with E-state index in [-0.39, 0.29) is 0 Å². The summed E-state index contributed by atoms with van der Waals surface area (Å²) in [6.07, 6.45) is 3.82. The average molecular weight is 228 g/mol. The van der Waals surface area contributed by atoms with Crippen LogP contribution in [0.25, 0.3) is 0 Å². The number of nitriles is 1. The second-order valence-electron chi connectivity index (χ2n) is 5.27. The van der Waals surface area contributed by atoms with E-state index in [0.717, 1.165) is 18.0 Å². The first kappa shape index (κ1) is 12.0. The third-order valence-corrected chi connectivity index (χ3v) is 3.24. The molecule has 0 bridgehead atoms. The van der Waals surface area contributed by atoms with Crippen LogP contribution in [0.3, 0.4) is 0 Å². The normalized spacial score (nSPS) is 14.7. The average Bonchev–Trinajstić information content (AvgIpc) is 3.14. The van der Waals surface area contributed by atoms with Gasteiger partial charge >= 0.3 is 0 Å². The van der Waals surface area contributed by atoms with E-state index in [0.29, 0.717) is 6.04 Å². The maximum absolute atomic E-state index is 8.95.